The number of guanidine groups is 1. The monoisotopic (exact) mass is 554 g/mol. The molecule has 1 aliphatic carbocycles. The molecule has 1 saturated heterocycles. The molecule has 1 atom stereocenters. The van der Waals surface area contributed by atoms with Crippen molar-refractivity contribution in [2.75, 3.05) is 27.2 Å². The first-order valence-electron chi connectivity index (χ1n) is 10.3. The van der Waals surface area contributed by atoms with Crippen LogP contribution in [0.25, 0.3) is 0 Å². The van der Waals surface area contributed by atoms with Crippen molar-refractivity contribution in [2.24, 2.45) is 10.9 Å². The lowest BCUT2D eigenvalue weighted by molar-refractivity contribution is -0.138. The molecule has 2 N–H and O–H groups in total. The fourth-order valence-electron chi connectivity index (χ4n) is 4.18. The normalized spacial score (nSPS) is 19.8. The zero-order valence-electron chi connectivity index (χ0n) is 17.8. The number of rotatable bonds is 5. The van der Waals surface area contributed by atoms with Gasteiger partial charge < -0.3 is 20.3 Å². The van der Waals surface area contributed by atoms with Gasteiger partial charge >= 0.3 is 6.18 Å². The largest absolute Gasteiger partial charge is 0.497 e. The van der Waals surface area contributed by atoms with E-state index in [0.717, 1.165) is 38.2 Å². The number of ether oxygens (including phenoxy) is 1. The molecule has 1 heterocycles. The fraction of sp³-hybridized carbons (Fsp3) is 0.619. The van der Waals surface area contributed by atoms with Gasteiger partial charge in [0.15, 0.2) is 5.96 Å². The quantitative estimate of drug-likeness (QED) is 0.331. The maximum Gasteiger partial charge on any atom is 0.416 e. The van der Waals surface area contributed by atoms with Crippen LogP contribution < -0.4 is 15.4 Å². The third-order valence-corrected chi connectivity index (χ3v) is 5.84. The second-order valence-electron chi connectivity index (χ2n) is 7.84. The minimum atomic E-state index is -4.48. The van der Waals surface area contributed by atoms with Gasteiger partial charge in [0.1, 0.15) is 5.75 Å². The Kier molecular flexibility index (Phi) is 9.26. The second-order valence-corrected chi connectivity index (χ2v) is 7.84. The number of hydrogen-bond donors (Lipinski definition) is 2. The van der Waals surface area contributed by atoms with Crippen LogP contribution in [0.3, 0.4) is 0 Å². The summed E-state index contributed by atoms with van der Waals surface area (Å²) in [6.07, 6.45) is 0.492. The van der Waals surface area contributed by atoms with Crippen LogP contribution >= 0.6 is 24.0 Å². The number of alkyl halides is 3. The molecule has 0 bridgehead atoms. The summed E-state index contributed by atoms with van der Waals surface area (Å²) in [6.45, 7) is 1.25. The van der Waals surface area contributed by atoms with Crippen molar-refractivity contribution in [3.8, 4) is 5.75 Å². The second kappa shape index (κ2) is 11.2. The van der Waals surface area contributed by atoms with Crippen molar-refractivity contribution in [2.45, 2.75) is 50.9 Å². The maximum absolute atomic E-state index is 13.4. The number of amides is 1. The molecule has 2 aliphatic rings. The van der Waals surface area contributed by atoms with Gasteiger partial charge in [-0.2, -0.15) is 13.2 Å². The van der Waals surface area contributed by atoms with E-state index in [1.807, 2.05) is 4.90 Å². The molecule has 0 aromatic heterocycles. The summed E-state index contributed by atoms with van der Waals surface area (Å²) < 4.78 is 45.1. The number of halogens is 4. The average molecular weight is 554 g/mol. The first-order chi connectivity index (χ1) is 14.3. The van der Waals surface area contributed by atoms with E-state index in [2.05, 4.69) is 15.6 Å². The van der Waals surface area contributed by atoms with Gasteiger partial charge in [-0.1, -0.05) is 18.9 Å². The number of aliphatic imine (C=N–C) groups is 1. The van der Waals surface area contributed by atoms with Crippen LogP contribution in [0, 0.1) is 5.92 Å². The van der Waals surface area contributed by atoms with Crippen LogP contribution in [0.5, 0.6) is 5.75 Å². The highest BCUT2D eigenvalue weighted by Crippen LogP contribution is 2.34. The Balaban J connectivity index is 0.00000341. The fourth-order valence-corrected chi connectivity index (χ4v) is 4.18. The molecular weight excluding hydrogens is 524 g/mol. The summed E-state index contributed by atoms with van der Waals surface area (Å²) in [5.41, 5.74) is -0.630. The van der Waals surface area contributed by atoms with Crippen LogP contribution in [-0.4, -0.2) is 50.1 Å². The molecule has 174 valence electrons. The van der Waals surface area contributed by atoms with E-state index in [1.165, 1.54) is 19.2 Å². The highest BCUT2D eigenvalue weighted by molar-refractivity contribution is 14.0. The molecule has 1 aromatic rings. The molecule has 0 spiro atoms. The Morgan fingerprint density at radius 3 is 2.58 bits per heavy atom. The molecule has 31 heavy (non-hydrogen) atoms. The van der Waals surface area contributed by atoms with Crippen molar-refractivity contribution in [1.82, 2.24) is 15.5 Å². The number of methoxy groups -OCH3 is 1. The summed E-state index contributed by atoms with van der Waals surface area (Å²) in [4.78, 5) is 18.6. The maximum atomic E-state index is 13.4. The molecule has 1 amide bonds. The van der Waals surface area contributed by atoms with Crippen LogP contribution in [0.4, 0.5) is 13.2 Å². The number of nitrogens with zero attached hydrogens (tertiary/aromatic N) is 2. The molecule has 1 aromatic carbocycles. The van der Waals surface area contributed by atoms with E-state index in [0.29, 0.717) is 19.0 Å². The Morgan fingerprint density at radius 2 is 1.97 bits per heavy atom. The first-order valence-corrected chi connectivity index (χ1v) is 10.3. The van der Waals surface area contributed by atoms with Gasteiger partial charge in [0, 0.05) is 38.6 Å². The zero-order chi connectivity index (χ0) is 21.7. The summed E-state index contributed by atoms with van der Waals surface area (Å²) in [5.74, 6) is 0.954. The Labute approximate surface area is 198 Å². The third-order valence-electron chi connectivity index (χ3n) is 5.84. The standard InChI is InChI=1S/C21H29F3N4O2.HI/c1-25-20(26-12-15-7-8-17(30-2)11-18(15)21(22,23)24)27-16-9-10-28(13-16)19(29)14-5-3-4-6-14;/h7-8,11,14,16H,3-6,9-10,12-13H2,1-2H3,(H2,25,26,27);1H. The van der Waals surface area contributed by atoms with Crippen LogP contribution in [0.1, 0.15) is 43.2 Å². The van der Waals surface area contributed by atoms with E-state index >= 15 is 0 Å². The van der Waals surface area contributed by atoms with Gasteiger partial charge in [0.25, 0.3) is 0 Å². The van der Waals surface area contributed by atoms with Crippen LogP contribution in [-0.2, 0) is 17.5 Å². The molecule has 0 radical (unpaired) electrons. The van der Waals surface area contributed by atoms with Gasteiger partial charge in [-0.15, -0.1) is 24.0 Å². The predicted molar refractivity (Wildman–Crippen MR) is 124 cm³/mol. The number of carbonyl (C=O) groups is 1. The Morgan fingerprint density at radius 1 is 1.26 bits per heavy atom. The zero-order valence-corrected chi connectivity index (χ0v) is 20.1. The highest BCUT2D eigenvalue weighted by atomic mass is 127. The SMILES string of the molecule is CN=C(NCc1ccc(OC)cc1C(F)(F)F)NC1CCN(C(=O)C2CCCC2)C1.I. The third kappa shape index (κ3) is 6.63. The van der Waals surface area contributed by atoms with Crippen molar-refractivity contribution >= 4 is 35.8 Å². The van der Waals surface area contributed by atoms with Gasteiger partial charge in [-0.05, 0) is 37.0 Å². The van der Waals surface area contributed by atoms with Gasteiger partial charge in [-0.25, -0.2) is 0 Å². The highest BCUT2D eigenvalue weighted by Gasteiger charge is 2.34. The molecule has 10 heteroatoms. The smallest absolute Gasteiger partial charge is 0.416 e. The molecule has 1 aliphatic heterocycles. The molecule has 6 nitrogen and oxygen atoms in total. The van der Waals surface area contributed by atoms with E-state index in [1.54, 1.807) is 7.05 Å². The molecule has 1 saturated carbocycles. The summed E-state index contributed by atoms with van der Waals surface area (Å²) in [7, 11) is 2.91. The minimum absolute atomic E-state index is 0. The minimum Gasteiger partial charge on any atom is -0.497 e. The number of benzene rings is 1. The number of nitrogens with one attached hydrogen (secondary N) is 2. The van der Waals surface area contributed by atoms with Gasteiger partial charge in [-0.3, -0.25) is 9.79 Å². The lowest BCUT2D eigenvalue weighted by Crippen LogP contribution is -2.45. The lowest BCUT2D eigenvalue weighted by Gasteiger charge is -2.22. The van der Waals surface area contributed by atoms with E-state index < -0.39 is 11.7 Å². The summed E-state index contributed by atoms with van der Waals surface area (Å²) >= 11 is 0. The number of carbonyl (C=O) groups excluding carboxylic acids is 1. The number of likely N-dealkylation sites (tertiary alicyclic amines) is 1. The van der Waals surface area contributed by atoms with Gasteiger partial charge in [0.05, 0.1) is 12.7 Å². The molecule has 2 fully saturated rings. The van der Waals surface area contributed by atoms with Gasteiger partial charge in [0.2, 0.25) is 5.91 Å². The topological polar surface area (TPSA) is 66.0 Å². The van der Waals surface area contributed by atoms with Crippen molar-refractivity contribution in [3.05, 3.63) is 29.3 Å². The average Bonchev–Trinajstić information content (AvgIpc) is 3.42. The molecular formula is C21H30F3IN4O2. The summed E-state index contributed by atoms with van der Waals surface area (Å²) in [6, 6.07) is 3.93. The van der Waals surface area contributed by atoms with E-state index in [9.17, 15) is 18.0 Å². The van der Waals surface area contributed by atoms with E-state index in [4.69, 9.17) is 4.74 Å². The molecule has 3 rings (SSSR count). The van der Waals surface area contributed by atoms with E-state index in [-0.39, 0.29) is 59.7 Å². The van der Waals surface area contributed by atoms with Crippen LogP contribution in [0.15, 0.2) is 23.2 Å². The number of hydrogen-bond acceptors (Lipinski definition) is 3. The first kappa shape index (κ1) is 25.5. The lowest BCUT2D eigenvalue weighted by atomic mass is 10.1. The van der Waals surface area contributed by atoms with Crippen molar-refractivity contribution in [3.63, 3.8) is 0 Å². The predicted octanol–water partition coefficient (Wildman–Crippen LogP) is 3.79. The summed E-state index contributed by atoms with van der Waals surface area (Å²) in [5, 5.41) is 6.19. The molecule has 1 unspecified atom stereocenters. The van der Waals surface area contributed by atoms with Crippen LogP contribution in [0.2, 0.25) is 0 Å². The van der Waals surface area contributed by atoms with Crippen molar-refractivity contribution in [1.29, 1.82) is 0 Å². The Hall–Kier alpha value is -1.72. The van der Waals surface area contributed by atoms with Crippen molar-refractivity contribution < 1.29 is 22.7 Å². The Bertz CT molecular complexity index is 782.